The minimum atomic E-state index is 0.655. The van der Waals surface area contributed by atoms with Gasteiger partial charge in [0.1, 0.15) is 17.4 Å². The molecular formula is C23H32N4O. The van der Waals surface area contributed by atoms with Gasteiger partial charge in [-0.2, -0.15) is 0 Å². The first-order chi connectivity index (χ1) is 13.7. The number of rotatable bonds is 3. The number of pyridine rings is 1. The monoisotopic (exact) mass is 380 g/mol. The Bertz CT molecular complexity index is 773. The summed E-state index contributed by atoms with van der Waals surface area (Å²) >= 11 is 0. The number of nitrogens with zero attached hydrogens (tertiary/aromatic N) is 2. The lowest BCUT2D eigenvalue weighted by Gasteiger charge is -2.18. The minimum Gasteiger partial charge on any atom is -0.491 e. The van der Waals surface area contributed by atoms with Crippen molar-refractivity contribution in [1.82, 2.24) is 10.3 Å². The Balaban J connectivity index is 1.91. The van der Waals surface area contributed by atoms with Crippen molar-refractivity contribution < 1.29 is 4.74 Å². The summed E-state index contributed by atoms with van der Waals surface area (Å²) in [6, 6.07) is 12.1. The third-order valence-electron chi connectivity index (χ3n) is 4.80. The fourth-order valence-electron chi connectivity index (χ4n) is 3.18. The van der Waals surface area contributed by atoms with Crippen molar-refractivity contribution >= 4 is 17.3 Å². The van der Waals surface area contributed by atoms with E-state index in [0.29, 0.717) is 5.92 Å². The number of hydrogen-bond acceptors (Lipinski definition) is 5. The van der Waals surface area contributed by atoms with Crippen molar-refractivity contribution in [2.45, 2.75) is 46.0 Å². The van der Waals surface area contributed by atoms with E-state index in [-0.39, 0.29) is 0 Å². The Kier molecular flexibility index (Phi) is 7.71. The molecule has 0 saturated carbocycles. The van der Waals surface area contributed by atoms with Gasteiger partial charge in [-0.05, 0) is 55.9 Å². The van der Waals surface area contributed by atoms with Crippen LogP contribution in [0.15, 0.2) is 47.6 Å². The zero-order valence-electron chi connectivity index (χ0n) is 17.1. The van der Waals surface area contributed by atoms with E-state index in [9.17, 15) is 0 Å². The maximum Gasteiger partial charge on any atom is 0.142 e. The van der Waals surface area contributed by atoms with E-state index < -0.39 is 0 Å². The lowest BCUT2D eigenvalue weighted by molar-refractivity contribution is 0.306. The Morgan fingerprint density at radius 3 is 2.82 bits per heavy atom. The zero-order chi connectivity index (χ0) is 19.6. The highest BCUT2D eigenvalue weighted by Crippen LogP contribution is 2.28. The van der Waals surface area contributed by atoms with Crippen LogP contribution in [0.25, 0.3) is 0 Å². The molecule has 0 atom stereocenters. The van der Waals surface area contributed by atoms with Gasteiger partial charge in [0.15, 0.2) is 0 Å². The van der Waals surface area contributed by atoms with Crippen molar-refractivity contribution in [3.63, 3.8) is 0 Å². The third kappa shape index (κ3) is 5.98. The van der Waals surface area contributed by atoms with Crippen molar-refractivity contribution in [3.8, 4) is 5.75 Å². The summed E-state index contributed by atoms with van der Waals surface area (Å²) in [5.41, 5.74) is 1.93. The largest absolute Gasteiger partial charge is 0.491 e. The molecule has 5 heteroatoms. The van der Waals surface area contributed by atoms with Gasteiger partial charge in [0.05, 0.1) is 17.9 Å². The molecule has 0 radical (unpaired) electrons. The van der Waals surface area contributed by atoms with Crippen LogP contribution in [0.4, 0.5) is 11.5 Å². The highest BCUT2D eigenvalue weighted by Gasteiger charge is 2.13. The Hall–Kier alpha value is -2.56. The topological polar surface area (TPSA) is 58.5 Å². The number of nitrogens with one attached hydrogen (secondary N) is 2. The first-order valence-corrected chi connectivity index (χ1v) is 10.5. The van der Waals surface area contributed by atoms with E-state index in [1.165, 1.54) is 12.8 Å². The molecule has 0 unspecified atom stereocenters. The number of anilines is 2. The van der Waals surface area contributed by atoms with Crippen molar-refractivity contribution in [2.24, 2.45) is 10.9 Å². The molecule has 2 aromatic rings. The lowest BCUT2D eigenvalue weighted by atomic mass is 10.1. The molecule has 2 N–H and O–H groups in total. The summed E-state index contributed by atoms with van der Waals surface area (Å²) in [5.74, 6) is 3.24. The molecule has 1 aliphatic rings. The first-order valence-electron chi connectivity index (χ1n) is 10.5. The number of amidine groups is 1. The second-order valence-corrected chi connectivity index (χ2v) is 7.62. The summed E-state index contributed by atoms with van der Waals surface area (Å²) in [6.07, 6.45) is 7.41. The summed E-state index contributed by atoms with van der Waals surface area (Å²) in [6.45, 7) is 6.95. The number of benzene rings is 1. The molecule has 1 aromatic heterocycles. The van der Waals surface area contributed by atoms with Crippen molar-refractivity contribution in [3.05, 3.63) is 48.2 Å². The molecule has 0 saturated heterocycles. The number of aromatic nitrogens is 1. The van der Waals surface area contributed by atoms with Crippen LogP contribution in [-0.4, -0.2) is 30.5 Å². The molecule has 5 nitrogen and oxygen atoms in total. The molecule has 0 amide bonds. The summed E-state index contributed by atoms with van der Waals surface area (Å²) in [4.78, 5) is 9.49. The fraction of sp³-hybridized carbons (Fsp3) is 0.478. The summed E-state index contributed by atoms with van der Waals surface area (Å²) < 4.78 is 6.03. The van der Waals surface area contributed by atoms with Crippen LogP contribution < -0.4 is 15.4 Å². The number of ether oxygens (including phenoxy) is 1. The second-order valence-electron chi connectivity index (χ2n) is 7.62. The maximum atomic E-state index is 6.03. The summed E-state index contributed by atoms with van der Waals surface area (Å²) in [7, 11) is 0. The van der Waals surface area contributed by atoms with E-state index in [4.69, 9.17) is 9.73 Å². The molecule has 0 fully saturated rings. The van der Waals surface area contributed by atoms with Gasteiger partial charge < -0.3 is 15.4 Å². The number of hydrogen-bond donors (Lipinski definition) is 2. The summed E-state index contributed by atoms with van der Waals surface area (Å²) in [5, 5.41) is 7.02. The highest BCUT2D eigenvalue weighted by molar-refractivity contribution is 6.03. The van der Waals surface area contributed by atoms with Crippen molar-refractivity contribution in [1.29, 1.82) is 0 Å². The van der Waals surface area contributed by atoms with E-state index in [0.717, 1.165) is 67.6 Å². The third-order valence-corrected chi connectivity index (χ3v) is 4.80. The van der Waals surface area contributed by atoms with Crippen LogP contribution in [0.2, 0.25) is 0 Å². The van der Waals surface area contributed by atoms with Gasteiger partial charge in [-0.25, -0.2) is 4.98 Å². The van der Waals surface area contributed by atoms with E-state index in [2.05, 4.69) is 35.5 Å². The highest BCUT2D eigenvalue weighted by atomic mass is 16.5. The standard InChI is InChI=1S/C23H32N4O/c1-18(2)13-16-26-22-19-10-9-15-25-23(19)27-20-11-5-6-12-21(20)28-17-8-4-3-7-14-24-22/h5-6,9-12,15,18H,3-4,7-8,13-14,16-17H2,1-2H3,(H,24,26)(H,25,27). The fourth-order valence-corrected chi connectivity index (χ4v) is 3.18. The smallest absolute Gasteiger partial charge is 0.142 e. The predicted octanol–water partition coefficient (Wildman–Crippen LogP) is 5.16. The Labute approximate surface area is 168 Å². The number of aliphatic imine (C=N–C) groups is 1. The van der Waals surface area contributed by atoms with Crippen LogP contribution in [-0.2, 0) is 0 Å². The van der Waals surface area contributed by atoms with Gasteiger partial charge in [0, 0.05) is 19.3 Å². The SMILES string of the molecule is CC(C)CCNC1=NCCCCCCOc2ccccc2Nc2ncccc21. The van der Waals surface area contributed by atoms with Gasteiger partial charge in [0.2, 0.25) is 0 Å². The van der Waals surface area contributed by atoms with Crippen LogP contribution >= 0.6 is 0 Å². The van der Waals surface area contributed by atoms with E-state index in [1.807, 2.05) is 36.5 Å². The molecule has 0 aliphatic carbocycles. The van der Waals surface area contributed by atoms with Gasteiger partial charge in [-0.15, -0.1) is 0 Å². The molecule has 0 bridgehead atoms. The molecule has 1 aliphatic heterocycles. The maximum absolute atomic E-state index is 6.03. The first kappa shape index (κ1) is 20.2. The zero-order valence-corrected chi connectivity index (χ0v) is 17.1. The van der Waals surface area contributed by atoms with Crippen LogP contribution in [0.3, 0.4) is 0 Å². The van der Waals surface area contributed by atoms with Gasteiger partial charge in [-0.3, -0.25) is 4.99 Å². The van der Waals surface area contributed by atoms with Crippen molar-refractivity contribution in [2.75, 3.05) is 25.0 Å². The number of fused-ring (bicyclic) bond motifs is 2. The van der Waals surface area contributed by atoms with Gasteiger partial charge in [0.25, 0.3) is 0 Å². The van der Waals surface area contributed by atoms with Gasteiger partial charge in [-0.1, -0.05) is 32.4 Å². The number of para-hydroxylation sites is 2. The van der Waals surface area contributed by atoms with Crippen LogP contribution in [0.5, 0.6) is 5.75 Å². The molecule has 1 aromatic carbocycles. The molecule has 2 heterocycles. The normalized spacial score (nSPS) is 15.3. The lowest BCUT2D eigenvalue weighted by Crippen LogP contribution is -2.28. The van der Waals surface area contributed by atoms with E-state index >= 15 is 0 Å². The molecule has 28 heavy (non-hydrogen) atoms. The van der Waals surface area contributed by atoms with E-state index in [1.54, 1.807) is 0 Å². The molecule has 150 valence electrons. The van der Waals surface area contributed by atoms with Crippen LogP contribution in [0.1, 0.15) is 51.5 Å². The molecular weight excluding hydrogens is 348 g/mol. The molecule has 3 rings (SSSR count). The van der Waals surface area contributed by atoms with Gasteiger partial charge >= 0.3 is 0 Å². The Morgan fingerprint density at radius 2 is 1.93 bits per heavy atom. The average molecular weight is 381 g/mol. The second kappa shape index (κ2) is 10.7. The van der Waals surface area contributed by atoms with Crippen LogP contribution in [0, 0.1) is 5.92 Å². The average Bonchev–Trinajstić information content (AvgIpc) is 2.69. The minimum absolute atomic E-state index is 0.655. The molecule has 0 spiro atoms. The quantitative estimate of drug-likeness (QED) is 0.772. The predicted molar refractivity (Wildman–Crippen MR) is 117 cm³/mol. The Morgan fingerprint density at radius 1 is 1.07 bits per heavy atom.